The summed E-state index contributed by atoms with van der Waals surface area (Å²) in [6.07, 6.45) is -10.5. The molecule has 8 N–H and O–H groups in total. The van der Waals surface area contributed by atoms with Gasteiger partial charge in [0, 0.05) is 12.4 Å². The average molecular weight is 432 g/mol. The van der Waals surface area contributed by atoms with E-state index in [4.69, 9.17) is 40.9 Å². The molecule has 0 bridgehead atoms. The molecule has 0 heterocycles. The van der Waals surface area contributed by atoms with E-state index in [0.29, 0.717) is 0 Å². The fraction of sp³-hybridized carbons (Fsp3) is 0.667. The quantitative estimate of drug-likeness (QED) is 0.149. The molecule has 0 amide bonds. The average Bonchev–Trinajstić information content (AvgIpc) is 2.50. The number of aliphatic hydroxyl groups is 6. The van der Waals surface area contributed by atoms with Crippen molar-refractivity contribution in [1.29, 1.82) is 0 Å². The first-order valence-electron chi connectivity index (χ1n) is 6.61. The first-order chi connectivity index (χ1) is 11.7. The van der Waals surface area contributed by atoms with Crippen LogP contribution in [0.5, 0.6) is 0 Å². The van der Waals surface area contributed by atoms with Crippen LogP contribution >= 0.6 is 0 Å². The summed E-state index contributed by atoms with van der Waals surface area (Å²) >= 11 is 0. The third kappa shape index (κ3) is 13.8. The molecule has 16 heteroatoms. The van der Waals surface area contributed by atoms with Crippen LogP contribution in [0, 0.1) is 0 Å². The van der Waals surface area contributed by atoms with E-state index in [2.05, 4.69) is 0 Å². The van der Waals surface area contributed by atoms with Crippen LogP contribution in [-0.4, -0.2) is 101 Å². The van der Waals surface area contributed by atoms with Crippen molar-refractivity contribution in [1.82, 2.24) is 0 Å². The van der Waals surface area contributed by atoms with Crippen molar-refractivity contribution in [2.75, 3.05) is 6.61 Å². The number of hydrogen-bond acceptors (Lipinski definition) is 12. The SMILES string of the molecule is O=C([O-])CC(O)(CC(=O)O)C(=O)O.O=C([O-])[C@H](O)[C@@H](O)[C@H](O)[C@H](O)CO.[Na+].[Na+]. The van der Waals surface area contributed by atoms with Gasteiger partial charge < -0.3 is 60.7 Å². The molecule has 0 saturated heterocycles. The Bertz CT molecular complexity index is 497. The van der Waals surface area contributed by atoms with Crippen LogP contribution < -0.4 is 69.3 Å². The summed E-state index contributed by atoms with van der Waals surface area (Å²) in [7, 11) is 0. The van der Waals surface area contributed by atoms with Crippen LogP contribution in [0.15, 0.2) is 0 Å². The predicted octanol–water partition coefficient (Wildman–Crippen LogP) is -13.4. The smallest absolute Gasteiger partial charge is 0.550 e. The van der Waals surface area contributed by atoms with Crippen molar-refractivity contribution in [3.63, 3.8) is 0 Å². The largest absolute Gasteiger partial charge is 1.00 e. The summed E-state index contributed by atoms with van der Waals surface area (Å²) in [6, 6.07) is 0. The number of hydrogen-bond donors (Lipinski definition) is 8. The fourth-order valence-electron chi connectivity index (χ4n) is 1.36. The number of rotatable bonds is 10. The number of carbonyl (C=O) groups excluding carboxylic acids is 2. The number of carboxylic acid groups (broad SMARTS) is 4. The van der Waals surface area contributed by atoms with Gasteiger partial charge in [-0.2, -0.15) is 0 Å². The van der Waals surface area contributed by atoms with E-state index in [1.807, 2.05) is 0 Å². The monoisotopic (exact) mass is 432 g/mol. The molecule has 0 spiro atoms. The first kappa shape index (κ1) is 35.1. The molecule has 0 aromatic carbocycles. The van der Waals surface area contributed by atoms with Gasteiger partial charge in [0.05, 0.1) is 19.0 Å². The Morgan fingerprint density at radius 1 is 0.857 bits per heavy atom. The van der Waals surface area contributed by atoms with Crippen molar-refractivity contribution in [3.8, 4) is 0 Å². The van der Waals surface area contributed by atoms with Gasteiger partial charge in [0.1, 0.15) is 24.4 Å². The van der Waals surface area contributed by atoms with E-state index in [1.54, 1.807) is 0 Å². The molecular formula is C12H18Na2O14. The van der Waals surface area contributed by atoms with Crippen LogP contribution in [-0.2, 0) is 19.2 Å². The van der Waals surface area contributed by atoms with Gasteiger partial charge in [-0.3, -0.25) is 4.79 Å². The molecule has 0 rings (SSSR count). The topological polar surface area (TPSA) is 276 Å². The molecule has 0 fully saturated rings. The van der Waals surface area contributed by atoms with Gasteiger partial charge in [-0.25, -0.2) is 4.79 Å². The summed E-state index contributed by atoms with van der Waals surface area (Å²) in [6.45, 7) is -0.863. The Kier molecular flexibility index (Phi) is 20.6. The van der Waals surface area contributed by atoms with Crippen LogP contribution in [0.2, 0.25) is 0 Å². The molecule has 0 aromatic rings. The molecule has 0 aliphatic heterocycles. The van der Waals surface area contributed by atoms with Crippen LogP contribution in [0.25, 0.3) is 0 Å². The van der Waals surface area contributed by atoms with Gasteiger partial charge >= 0.3 is 71.1 Å². The summed E-state index contributed by atoms with van der Waals surface area (Å²) in [5.41, 5.74) is -2.80. The van der Waals surface area contributed by atoms with E-state index in [-0.39, 0.29) is 59.1 Å². The molecule has 28 heavy (non-hydrogen) atoms. The van der Waals surface area contributed by atoms with Crippen LogP contribution in [0.1, 0.15) is 12.8 Å². The third-order valence-electron chi connectivity index (χ3n) is 2.77. The Morgan fingerprint density at radius 2 is 1.29 bits per heavy atom. The van der Waals surface area contributed by atoms with Gasteiger partial charge in [0.2, 0.25) is 0 Å². The molecule has 5 atom stereocenters. The molecule has 0 radical (unpaired) electrons. The molecule has 152 valence electrons. The molecule has 14 nitrogen and oxygen atoms in total. The molecular weight excluding hydrogens is 414 g/mol. The van der Waals surface area contributed by atoms with E-state index in [0.717, 1.165) is 0 Å². The maximum Gasteiger partial charge on any atom is 1.00 e. The minimum atomic E-state index is -2.80. The van der Waals surface area contributed by atoms with E-state index in [1.165, 1.54) is 0 Å². The molecule has 1 unspecified atom stereocenters. The Balaban J connectivity index is -0.000000192. The number of aliphatic carboxylic acids is 4. The summed E-state index contributed by atoms with van der Waals surface area (Å²) < 4.78 is 0. The van der Waals surface area contributed by atoms with Gasteiger partial charge in [-0.05, 0) is 0 Å². The second-order valence-electron chi connectivity index (χ2n) is 4.95. The zero-order valence-corrected chi connectivity index (χ0v) is 19.0. The van der Waals surface area contributed by atoms with Crippen molar-refractivity contribution < 1.29 is 129 Å². The maximum atomic E-state index is 10.3. The minimum absolute atomic E-state index is 0. The molecule has 0 aromatic heterocycles. The predicted molar refractivity (Wildman–Crippen MR) is 70.6 cm³/mol. The van der Waals surface area contributed by atoms with Gasteiger partial charge in [0.25, 0.3) is 0 Å². The fourth-order valence-corrected chi connectivity index (χ4v) is 1.36. The molecule has 0 aliphatic rings. The molecule has 0 saturated carbocycles. The third-order valence-corrected chi connectivity index (χ3v) is 2.77. The van der Waals surface area contributed by atoms with Gasteiger partial charge in [-0.1, -0.05) is 0 Å². The van der Waals surface area contributed by atoms with E-state index >= 15 is 0 Å². The Morgan fingerprint density at radius 3 is 1.54 bits per heavy atom. The zero-order valence-electron chi connectivity index (χ0n) is 15.0. The van der Waals surface area contributed by atoms with Crippen molar-refractivity contribution in [2.24, 2.45) is 0 Å². The van der Waals surface area contributed by atoms with Gasteiger partial charge in [0.15, 0.2) is 5.60 Å². The zero-order chi connectivity index (χ0) is 21.2. The van der Waals surface area contributed by atoms with Crippen molar-refractivity contribution >= 4 is 23.9 Å². The van der Waals surface area contributed by atoms with Crippen molar-refractivity contribution in [2.45, 2.75) is 42.9 Å². The maximum absolute atomic E-state index is 10.3. The number of carboxylic acids is 4. The Labute approximate surface area is 201 Å². The first-order valence-corrected chi connectivity index (χ1v) is 6.61. The Hall–Kier alpha value is -0.360. The number of carbonyl (C=O) groups is 4. The molecule has 0 aliphatic carbocycles. The summed E-state index contributed by atoms with van der Waals surface area (Å²) in [5.74, 6) is -7.31. The number of aliphatic hydroxyl groups excluding tert-OH is 5. The van der Waals surface area contributed by atoms with E-state index in [9.17, 15) is 29.4 Å². The van der Waals surface area contributed by atoms with E-state index < -0.39 is 73.3 Å². The summed E-state index contributed by atoms with van der Waals surface area (Å²) in [5, 5.41) is 88.9. The normalized spacial score (nSPS) is 16.2. The second-order valence-corrected chi connectivity index (χ2v) is 4.95. The summed E-state index contributed by atoms with van der Waals surface area (Å²) in [4.78, 5) is 40.3. The van der Waals surface area contributed by atoms with Crippen LogP contribution in [0.4, 0.5) is 0 Å². The van der Waals surface area contributed by atoms with Crippen LogP contribution in [0.3, 0.4) is 0 Å². The minimum Gasteiger partial charge on any atom is -0.550 e. The second kappa shape index (κ2) is 16.4. The van der Waals surface area contributed by atoms with Crippen molar-refractivity contribution in [3.05, 3.63) is 0 Å². The standard InChI is InChI=1S/C6H8O7.C6H12O7.2Na/c7-3(8)1-6(13,5(11)12)2-4(9)10;7-1-2(8)3(9)4(10)5(11)6(12)13;;/h13H,1-2H2,(H,7,8)(H,9,10)(H,11,12);2-5,7-11H,1H2,(H,12,13);;/q;;2*+1/p-2/t;2-,3-,4+,5-;;/m.1../s1. The van der Waals surface area contributed by atoms with Gasteiger partial charge in [-0.15, -0.1) is 0 Å².